The Kier molecular flexibility index (Phi) is 9.01. The SMILES string of the molecule is NS(=O)(=O)c1ccc(-c2noc(CCC3CCCC3)n2)cc1-c1ccc(CCNCC(O)c2cccnc2)cc1. The summed E-state index contributed by atoms with van der Waals surface area (Å²) >= 11 is 0. The molecular weight excluding hydrogens is 526 g/mol. The molecule has 1 fully saturated rings. The Balaban J connectivity index is 1.25. The van der Waals surface area contributed by atoms with E-state index in [0.29, 0.717) is 35.9 Å². The summed E-state index contributed by atoms with van der Waals surface area (Å²) in [6, 6.07) is 16.3. The highest BCUT2D eigenvalue weighted by atomic mass is 32.2. The van der Waals surface area contributed by atoms with Gasteiger partial charge in [0.1, 0.15) is 0 Å². The molecule has 1 saturated carbocycles. The van der Waals surface area contributed by atoms with Crippen LogP contribution in [0.15, 0.2) is 76.4 Å². The number of aromatic nitrogens is 3. The van der Waals surface area contributed by atoms with Gasteiger partial charge in [-0.2, -0.15) is 4.98 Å². The van der Waals surface area contributed by atoms with Gasteiger partial charge in [-0.3, -0.25) is 4.98 Å². The number of hydrogen-bond acceptors (Lipinski definition) is 8. The van der Waals surface area contributed by atoms with Crippen LogP contribution in [0.1, 0.15) is 55.2 Å². The fourth-order valence-electron chi connectivity index (χ4n) is 5.26. The highest BCUT2D eigenvalue weighted by molar-refractivity contribution is 7.89. The molecule has 1 atom stereocenters. The first kappa shape index (κ1) is 28.1. The van der Waals surface area contributed by atoms with Gasteiger partial charge in [0, 0.05) is 42.0 Å². The van der Waals surface area contributed by atoms with Crippen molar-refractivity contribution in [3.8, 4) is 22.5 Å². The van der Waals surface area contributed by atoms with E-state index >= 15 is 0 Å². The van der Waals surface area contributed by atoms with Gasteiger partial charge in [0.15, 0.2) is 0 Å². The maximum atomic E-state index is 12.4. The molecule has 210 valence electrons. The predicted molar refractivity (Wildman–Crippen MR) is 153 cm³/mol. The lowest BCUT2D eigenvalue weighted by molar-refractivity contribution is 0.174. The van der Waals surface area contributed by atoms with E-state index in [1.54, 1.807) is 30.6 Å². The summed E-state index contributed by atoms with van der Waals surface area (Å²) in [5, 5.41) is 23.2. The minimum absolute atomic E-state index is 0.0417. The van der Waals surface area contributed by atoms with Gasteiger partial charge in [-0.05, 0) is 60.7 Å². The lowest BCUT2D eigenvalue weighted by Crippen LogP contribution is -2.23. The molecule has 0 saturated heterocycles. The fourth-order valence-corrected chi connectivity index (χ4v) is 6.00. The number of primary sulfonamides is 1. The van der Waals surface area contributed by atoms with Crippen LogP contribution in [0.2, 0.25) is 0 Å². The quantitative estimate of drug-likeness (QED) is 0.215. The lowest BCUT2D eigenvalue weighted by Gasteiger charge is -2.12. The second-order valence-electron chi connectivity index (χ2n) is 10.4. The number of hydrogen-bond donors (Lipinski definition) is 3. The Morgan fingerprint density at radius 1 is 1.05 bits per heavy atom. The van der Waals surface area contributed by atoms with Crippen molar-refractivity contribution in [1.29, 1.82) is 0 Å². The van der Waals surface area contributed by atoms with Crippen LogP contribution in [0.5, 0.6) is 0 Å². The Hall–Kier alpha value is -3.44. The molecule has 2 aromatic carbocycles. The molecule has 0 spiro atoms. The molecule has 10 heteroatoms. The van der Waals surface area contributed by atoms with Crippen molar-refractivity contribution in [2.45, 2.75) is 55.9 Å². The number of rotatable bonds is 12. The summed E-state index contributed by atoms with van der Waals surface area (Å²) in [6.07, 6.45) is 10.4. The van der Waals surface area contributed by atoms with Gasteiger partial charge < -0.3 is 14.9 Å². The number of aliphatic hydroxyl groups is 1. The number of nitrogens with zero attached hydrogens (tertiary/aromatic N) is 3. The third kappa shape index (κ3) is 7.19. The summed E-state index contributed by atoms with van der Waals surface area (Å²) in [4.78, 5) is 8.65. The minimum atomic E-state index is -3.95. The molecule has 0 radical (unpaired) electrons. The van der Waals surface area contributed by atoms with Crippen LogP contribution in [-0.2, 0) is 22.9 Å². The van der Waals surface area contributed by atoms with E-state index in [0.717, 1.165) is 41.9 Å². The molecule has 0 bridgehead atoms. The van der Waals surface area contributed by atoms with Gasteiger partial charge >= 0.3 is 0 Å². The molecule has 1 aliphatic rings. The number of aliphatic hydroxyl groups excluding tert-OH is 1. The van der Waals surface area contributed by atoms with E-state index in [1.807, 2.05) is 30.3 Å². The molecule has 4 aromatic rings. The number of nitrogens with two attached hydrogens (primary N) is 1. The van der Waals surface area contributed by atoms with Gasteiger partial charge in [0.25, 0.3) is 0 Å². The summed E-state index contributed by atoms with van der Waals surface area (Å²) in [5.41, 5.74) is 3.72. The average molecular weight is 562 g/mol. The van der Waals surface area contributed by atoms with Crippen molar-refractivity contribution in [3.05, 3.63) is 84.0 Å². The zero-order valence-electron chi connectivity index (χ0n) is 22.4. The van der Waals surface area contributed by atoms with Gasteiger partial charge in [0.05, 0.1) is 11.0 Å². The van der Waals surface area contributed by atoms with E-state index in [2.05, 4.69) is 20.4 Å². The van der Waals surface area contributed by atoms with Crippen molar-refractivity contribution in [2.75, 3.05) is 13.1 Å². The van der Waals surface area contributed by atoms with Crippen LogP contribution in [0, 0.1) is 5.92 Å². The molecule has 2 heterocycles. The first-order valence-electron chi connectivity index (χ1n) is 13.7. The Bertz CT molecular complexity index is 1500. The second kappa shape index (κ2) is 12.8. The number of aryl methyl sites for hydroxylation is 1. The normalized spacial score (nSPS) is 14.9. The Morgan fingerprint density at radius 3 is 2.55 bits per heavy atom. The standard InChI is InChI=1S/C30H35N5O4S/c31-40(37,38)28-13-12-24(30-34-29(39-35-30)14-9-21-4-1-2-5-21)18-26(28)23-10-7-22(8-11-23)15-17-33-20-27(36)25-6-3-16-32-19-25/h3,6-8,10-13,16,18-19,21,27,33,36H,1-2,4-5,9,14-15,17,20H2,(H2,31,37,38). The van der Waals surface area contributed by atoms with E-state index < -0.39 is 16.1 Å². The van der Waals surface area contributed by atoms with E-state index in [9.17, 15) is 13.5 Å². The van der Waals surface area contributed by atoms with E-state index in [4.69, 9.17) is 9.66 Å². The Morgan fingerprint density at radius 2 is 1.82 bits per heavy atom. The highest BCUT2D eigenvalue weighted by Crippen LogP contribution is 2.32. The van der Waals surface area contributed by atoms with E-state index in [1.165, 1.54) is 31.7 Å². The summed E-state index contributed by atoms with van der Waals surface area (Å²) in [5.74, 6) is 1.76. The number of sulfonamides is 1. The monoisotopic (exact) mass is 561 g/mol. The van der Waals surface area contributed by atoms with Crippen LogP contribution >= 0.6 is 0 Å². The van der Waals surface area contributed by atoms with Gasteiger partial charge in [-0.25, -0.2) is 13.6 Å². The number of nitrogens with one attached hydrogen (secondary N) is 1. The first-order chi connectivity index (χ1) is 19.4. The first-order valence-corrected chi connectivity index (χ1v) is 15.3. The maximum Gasteiger partial charge on any atom is 0.238 e. The molecule has 2 aromatic heterocycles. The van der Waals surface area contributed by atoms with Crippen molar-refractivity contribution in [3.63, 3.8) is 0 Å². The smallest absolute Gasteiger partial charge is 0.238 e. The van der Waals surface area contributed by atoms with Gasteiger partial charge in [-0.1, -0.05) is 61.2 Å². The topological polar surface area (TPSA) is 144 Å². The third-order valence-corrected chi connectivity index (χ3v) is 8.48. The largest absolute Gasteiger partial charge is 0.387 e. The van der Waals surface area contributed by atoms with Crippen molar-refractivity contribution < 1.29 is 18.0 Å². The van der Waals surface area contributed by atoms with Gasteiger partial charge in [0.2, 0.25) is 21.7 Å². The fraction of sp³-hybridized carbons (Fsp3) is 0.367. The Labute approximate surface area is 234 Å². The summed E-state index contributed by atoms with van der Waals surface area (Å²) < 4.78 is 30.3. The third-order valence-electron chi connectivity index (χ3n) is 7.52. The van der Waals surface area contributed by atoms with Crippen molar-refractivity contribution in [2.24, 2.45) is 11.1 Å². The molecule has 0 aliphatic heterocycles. The molecule has 40 heavy (non-hydrogen) atoms. The summed E-state index contributed by atoms with van der Waals surface area (Å²) in [7, 11) is -3.95. The van der Waals surface area contributed by atoms with E-state index in [-0.39, 0.29) is 4.90 Å². The lowest BCUT2D eigenvalue weighted by atomic mass is 10.0. The minimum Gasteiger partial charge on any atom is -0.387 e. The molecule has 9 nitrogen and oxygen atoms in total. The van der Waals surface area contributed by atoms with Crippen molar-refractivity contribution in [1.82, 2.24) is 20.4 Å². The van der Waals surface area contributed by atoms with Crippen LogP contribution in [0.4, 0.5) is 0 Å². The summed E-state index contributed by atoms with van der Waals surface area (Å²) in [6.45, 7) is 1.10. The molecule has 5 rings (SSSR count). The maximum absolute atomic E-state index is 12.4. The van der Waals surface area contributed by atoms with Gasteiger partial charge in [-0.15, -0.1) is 0 Å². The molecule has 0 amide bonds. The highest BCUT2D eigenvalue weighted by Gasteiger charge is 2.20. The molecule has 1 aliphatic carbocycles. The van der Waals surface area contributed by atoms with Crippen molar-refractivity contribution >= 4 is 10.0 Å². The zero-order valence-corrected chi connectivity index (χ0v) is 23.2. The molecular formula is C30H35N5O4S. The van der Waals surface area contributed by atoms with Crippen LogP contribution in [0.25, 0.3) is 22.5 Å². The predicted octanol–water partition coefficient (Wildman–Crippen LogP) is 4.43. The zero-order chi connectivity index (χ0) is 28.0. The molecule has 1 unspecified atom stereocenters. The molecule has 4 N–H and O–H groups in total. The van der Waals surface area contributed by atoms with Crippen LogP contribution < -0.4 is 10.5 Å². The van der Waals surface area contributed by atoms with Crippen LogP contribution in [0.3, 0.4) is 0 Å². The number of pyridine rings is 1. The second-order valence-corrected chi connectivity index (χ2v) is 11.9. The number of benzene rings is 2. The van der Waals surface area contributed by atoms with Crippen LogP contribution in [-0.4, -0.2) is 41.7 Å². The average Bonchev–Trinajstić information content (AvgIpc) is 3.67.